The number of carbonyl (C=O) groups is 1. The van der Waals surface area contributed by atoms with Crippen LogP contribution in [0, 0.1) is 11.6 Å². The van der Waals surface area contributed by atoms with Gasteiger partial charge in [-0.1, -0.05) is 0 Å². The minimum atomic E-state index is -0.701. The molecular formula is C17H15F2NO3. The van der Waals surface area contributed by atoms with Crippen LogP contribution in [-0.4, -0.2) is 24.2 Å². The van der Waals surface area contributed by atoms with E-state index in [4.69, 9.17) is 4.74 Å². The molecule has 2 aromatic rings. The van der Waals surface area contributed by atoms with Gasteiger partial charge < -0.3 is 9.47 Å². The maximum absolute atomic E-state index is 14.2. The van der Waals surface area contributed by atoms with Crippen molar-refractivity contribution in [3.63, 3.8) is 0 Å². The molecule has 0 amide bonds. The minimum absolute atomic E-state index is 0.0269. The number of rotatable bonds is 2. The van der Waals surface area contributed by atoms with Crippen molar-refractivity contribution in [3.8, 4) is 17.0 Å². The molecule has 0 saturated heterocycles. The van der Waals surface area contributed by atoms with E-state index in [9.17, 15) is 13.6 Å². The topological polar surface area (TPSA) is 48.4 Å². The summed E-state index contributed by atoms with van der Waals surface area (Å²) in [7, 11) is 1.24. The summed E-state index contributed by atoms with van der Waals surface area (Å²) in [4.78, 5) is 16.0. The lowest BCUT2D eigenvalue weighted by Crippen LogP contribution is -2.22. The molecule has 0 saturated carbocycles. The van der Waals surface area contributed by atoms with Gasteiger partial charge in [-0.3, -0.25) is 0 Å². The third-order valence-corrected chi connectivity index (χ3v) is 3.82. The van der Waals surface area contributed by atoms with Crippen LogP contribution in [0.25, 0.3) is 11.1 Å². The number of esters is 1. The van der Waals surface area contributed by atoms with Gasteiger partial charge in [-0.25, -0.2) is 18.6 Å². The Kier molecular flexibility index (Phi) is 3.98. The number of carbonyl (C=O) groups excluding carboxylic acids is 1. The van der Waals surface area contributed by atoms with E-state index in [1.807, 2.05) is 6.92 Å². The zero-order valence-electron chi connectivity index (χ0n) is 12.7. The number of halogens is 2. The summed E-state index contributed by atoms with van der Waals surface area (Å²) in [6, 6.07) is 4.79. The lowest BCUT2D eigenvalue weighted by molar-refractivity contribution is 0.0591. The Morgan fingerprint density at radius 3 is 2.78 bits per heavy atom. The molecule has 1 aliphatic heterocycles. The molecule has 0 spiro atoms. The fraction of sp³-hybridized carbons (Fsp3) is 0.294. The Hall–Kier alpha value is -2.50. The van der Waals surface area contributed by atoms with E-state index in [0.29, 0.717) is 23.4 Å². The third kappa shape index (κ3) is 2.88. The number of fused-ring (bicyclic) bond motifs is 1. The van der Waals surface area contributed by atoms with Gasteiger partial charge in [-0.05, 0) is 43.5 Å². The van der Waals surface area contributed by atoms with E-state index in [2.05, 4.69) is 9.72 Å². The van der Waals surface area contributed by atoms with Crippen LogP contribution in [0.3, 0.4) is 0 Å². The van der Waals surface area contributed by atoms with Gasteiger partial charge in [-0.2, -0.15) is 0 Å². The van der Waals surface area contributed by atoms with E-state index in [1.54, 1.807) is 0 Å². The monoisotopic (exact) mass is 319 g/mol. The molecular weight excluding hydrogens is 304 g/mol. The predicted octanol–water partition coefficient (Wildman–Crippen LogP) is 3.53. The number of aromatic nitrogens is 1. The number of nitrogens with zero attached hydrogens (tertiary/aromatic N) is 1. The fourth-order valence-corrected chi connectivity index (χ4v) is 2.64. The lowest BCUT2D eigenvalue weighted by atomic mass is 9.94. The molecule has 0 bridgehead atoms. The number of methoxy groups -OCH3 is 1. The highest BCUT2D eigenvalue weighted by atomic mass is 19.1. The standard InChI is InChI=1S/C17H15F2NO3/c1-9-3-5-12-13(11-6-4-10(18)7-14(11)19)8-15(17(21)22-2)20-16(12)23-9/h4,6-9H,3,5H2,1-2H3. The highest BCUT2D eigenvalue weighted by Gasteiger charge is 2.25. The SMILES string of the molecule is COC(=O)c1cc(-c2ccc(F)cc2F)c2c(n1)OC(C)CC2. The van der Waals surface area contributed by atoms with Gasteiger partial charge in [0.05, 0.1) is 13.2 Å². The Morgan fingerprint density at radius 1 is 1.30 bits per heavy atom. The summed E-state index contributed by atoms with van der Waals surface area (Å²) in [5, 5.41) is 0. The molecule has 0 aliphatic carbocycles. The van der Waals surface area contributed by atoms with Crippen LogP contribution in [0.1, 0.15) is 29.4 Å². The molecule has 1 aromatic carbocycles. The molecule has 6 heteroatoms. The lowest BCUT2D eigenvalue weighted by Gasteiger charge is -2.25. The zero-order chi connectivity index (χ0) is 16.6. The number of hydrogen-bond donors (Lipinski definition) is 0. The third-order valence-electron chi connectivity index (χ3n) is 3.82. The molecule has 0 fully saturated rings. The molecule has 1 aliphatic rings. The molecule has 120 valence electrons. The van der Waals surface area contributed by atoms with Crippen LogP contribution >= 0.6 is 0 Å². The Balaban J connectivity index is 2.21. The number of ether oxygens (including phenoxy) is 2. The maximum Gasteiger partial charge on any atom is 0.356 e. The predicted molar refractivity (Wildman–Crippen MR) is 79.3 cm³/mol. The van der Waals surface area contributed by atoms with Crippen molar-refractivity contribution >= 4 is 5.97 Å². The Labute approximate surface area is 132 Å². The first kappa shape index (κ1) is 15.4. The molecule has 0 radical (unpaired) electrons. The molecule has 3 rings (SSSR count). The summed E-state index contributed by atoms with van der Waals surface area (Å²) in [5.41, 5.74) is 1.41. The van der Waals surface area contributed by atoms with Gasteiger partial charge in [0.25, 0.3) is 0 Å². The van der Waals surface area contributed by atoms with Gasteiger partial charge in [0.15, 0.2) is 5.69 Å². The molecule has 1 atom stereocenters. The molecule has 4 nitrogen and oxygen atoms in total. The van der Waals surface area contributed by atoms with Crippen molar-refractivity contribution < 1.29 is 23.0 Å². The van der Waals surface area contributed by atoms with Crippen LogP contribution in [0.4, 0.5) is 8.78 Å². The average molecular weight is 319 g/mol. The van der Waals surface area contributed by atoms with Crippen LogP contribution in [0.15, 0.2) is 24.3 Å². The normalized spacial score (nSPS) is 16.4. The van der Waals surface area contributed by atoms with Crippen LogP contribution < -0.4 is 4.74 Å². The van der Waals surface area contributed by atoms with E-state index in [-0.39, 0.29) is 17.4 Å². The highest BCUT2D eigenvalue weighted by Crippen LogP contribution is 2.36. The largest absolute Gasteiger partial charge is 0.474 e. The average Bonchev–Trinajstić information content (AvgIpc) is 2.53. The zero-order valence-corrected chi connectivity index (χ0v) is 12.7. The van der Waals surface area contributed by atoms with Gasteiger partial charge in [0.1, 0.15) is 11.6 Å². The first-order valence-electron chi connectivity index (χ1n) is 7.24. The summed E-state index contributed by atoms with van der Waals surface area (Å²) in [5.74, 6) is -1.70. The van der Waals surface area contributed by atoms with E-state index >= 15 is 0 Å². The molecule has 2 heterocycles. The highest BCUT2D eigenvalue weighted by molar-refractivity contribution is 5.90. The van der Waals surface area contributed by atoms with Gasteiger partial charge in [-0.15, -0.1) is 0 Å². The van der Waals surface area contributed by atoms with Crippen molar-refractivity contribution in [2.45, 2.75) is 25.9 Å². The van der Waals surface area contributed by atoms with E-state index < -0.39 is 17.6 Å². The molecule has 1 unspecified atom stereocenters. The summed E-state index contributed by atoms with van der Waals surface area (Å²) >= 11 is 0. The summed E-state index contributed by atoms with van der Waals surface area (Å²) < 4.78 is 37.7. The first-order valence-corrected chi connectivity index (χ1v) is 7.24. The number of benzene rings is 1. The number of pyridine rings is 1. The van der Waals surface area contributed by atoms with Crippen LogP contribution in [0.5, 0.6) is 5.88 Å². The van der Waals surface area contributed by atoms with Crippen molar-refractivity contribution in [1.82, 2.24) is 4.98 Å². The summed E-state index contributed by atoms with van der Waals surface area (Å²) in [6.07, 6.45) is 1.34. The minimum Gasteiger partial charge on any atom is -0.474 e. The molecule has 0 N–H and O–H groups in total. The maximum atomic E-state index is 14.2. The Morgan fingerprint density at radius 2 is 2.09 bits per heavy atom. The molecule has 23 heavy (non-hydrogen) atoms. The van der Waals surface area contributed by atoms with Crippen molar-refractivity contribution in [2.75, 3.05) is 7.11 Å². The van der Waals surface area contributed by atoms with Gasteiger partial charge in [0.2, 0.25) is 5.88 Å². The van der Waals surface area contributed by atoms with Crippen molar-refractivity contribution in [3.05, 3.63) is 47.2 Å². The fourth-order valence-electron chi connectivity index (χ4n) is 2.64. The number of hydrogen-bond acceptors (Lipinski definition) is 4. The smallest absolute Gasteiger partial charge is 0.356 e. The summed E-state index contributed by atoms with van der Waals surface area (Å²) in [6.45, 7) is 1.90. The van der Waals surface area contributed by atoms with Gasteiger partial charge >= 0.3 is 5.97 Å². The van der Waals surface area contributed by atoms with Crippen molar-refractivity contribution in [1.29, 1.82) is 0 Å². The second kappa shape index (κ2) is 5.95. The molecule has 1 aromatic heterocycles. The van der Waals surface area contributed by atoms with Crippen LogP contribution in [0.2, 0.25) is 0 Å². The Bertz CT molecular complexity index is 777. The first-order chi connectivity index (χ1) is 11.0. The van der Waals surface area contributed by atoms with E-state index in [1.165, 1.54) is 25.3 Å². The van der Waals surface area contributed by atoms with Crippen LogP contribution in [-0.2, 0) is 11.2 Å². The van der Waals surface area contributed by atoms with Crippen molar-refractivity contribution in [2.24, 2.45) is 0 Å². The quantitative estimate of drug-likeness (QED) is 0.795. The van der Waals surface area contributed by atoms with E-state index in [0.717, 1.165) is 12.5 Å². The van der Waals surface area contributed by atoms with Gasteiger partial charge in [0, 0.05) is 17.2 Å². The second-order valence-electron chi connectivity index (χ2n) is 5.42. The second-order valence-corrected chi connectivity index (χ2v) is 5.42.